The molecular weight excluding hydrogens is 464 g/mol. The summed E-state index contributed by atoms with van der Waals surface area (Å²) >= 11 is 0. The Hall–Kier alpha value is -3.46. The van der Waals surface area contributed by atoms with Crippen LogP contribution in [-0.4, -0.2) is 43.1 Å². The second kappa shape index (κ2) is 9.29. The van der Waals surface area contributed by atoms with Gasteiger partial charge >= 0.3 is 5.97 Å². The molecule has 8 nitrogen and oxygen atoms in total. The van der Waals surface area contributed by atoms with Crippen LogP contribution in [0, 0.1) is 0 Å². The Bertz CT molecular complexity index is 1230. The van der Waals surface area contributed by atoms with E-state index >= 15 is 0 Å². The Morgan fingerprint density at radius 1 is 1.09 bits per heavy atom. The zero-order valence-electron chi connectivity index (χ0n) is 21.0. The number of methoxy groups -OCH3 is 1. The molecule has 35 heavy (non-hydrogen) atoms. The van der Waals surface area contributed by atoms with Gasteiger partial charge in [-0.1, -0.05) is 39.0 Å². The van der Waals surface area contributed by atoms with E-state index in [1.165, 1.54) is 4.68 Å². The minimum absolute atomic E-state index is 0.0772. The first-order chi connectivity index (χ1) is 16.5. The molecule has 2 aromatic carbocycles. The molecule has 4 rings (SSSR count). The normalized spacial score (nSPS) is 13.1. The number of aromatic nitrogens is 2. The number of nitrogens with zero attached hydrogens (tertiary/aromatic N) is 2. The summed E-state index contributed by atoms with van der Waals surface area (Å²) in [5, 5.41) is 14.9. The molecule has 186 valence electrons. The molecule has 3 aromatic rings. The van der Waals surface area contributed by atoms with Crippen molar-refractivity contribution >= 4 is 14.3 Å². The fourth-order valence-electron chi connectivity index (χ4n) is 3.63. The van der Waals surface area contributed by atoms with Crippen molar-refractivity contribution < 1.29 is 28.5 Å². The van der Waals surface area contributed by atoms with Crippen LogP contribution in [0.5, 0.6) is 23.1 Å². The quantitative estimate of drug-likeness (QED) is 0.421. The van der Waals surface area contributed by atoms with E-state index in [0.29, 0.717) is 35.9 Å². The number of benzene rings is 2. The molecule has 0 radical (unpaired) electrons. The predicted octanol–water partition coefficient (Wildman–Crippen LogP) is 5.34. The highest BCUT2D eigenvalue weighted by molar-refractivity contribution is 6.74. The number of carboxylic acids is 1. The van der Waals surface area contributed by atoms with E-state index in [1.807, 2.05) is 42.5 Å². The third-order valence-corrected chi connectivity index (χ3v) is 11.0. The fraction of sp³-hybridized carbons (Fsp3) is 0.385. The van der Waals surface area contributed by atoms with Gasteiger partial charge in [-0.15, -0.1) is 5.10 Å². The lowest BCUT2D eigenvalue weighted by Gasteiger charge is -2.35. The molecule has 0 fully saturated rings. The number of carbonyl (C=O) groups is 1. The van der Waals surface area contributed by atoms with Gasteiger partial charge < -0.3 is 23.7 Å². The summed E-state index contributed by atoms with van der Waals surface area (Å²) in [6, 6.07) is 13.1. The standard InChI is InChI=1S/C26H32N2O6Si/c1-26(2,3)35(5,6)34-24-20(13-18-9-12-21-22(14-18)33-16-32-21)23(25(29)30)28(27-24)15-17-7-10-19(31-4)11-8-17/h7-12,14H,13,15-16H2,1-6H3,(H,29,30). The lowest BCUT2D eigenvalue weighted by molar-refractivity contribution is 0.0682. The topological polar surface area (TPSA) is 92.0 Å². The molecule has 0 bridgehead atoms. The predicted molar refractivity (Wildman–Crippen MR) is 134 cm³/mol. The number of hydrogen-bond acceptors (Lipinski definition) is 6. The van der Waals surface area contributed by atoms with E-state index in [0.717, 1.165) is 16.9 Å². The third-order valence-electron chi connectivity index (χ3n) is 6.68. The van der Waals surface area contributed by atoms with E-state index in [9.17, 15) is 9.90 Å². The minimum atomic E-state index is -2.29. The summed E-state index contributed by atoms with van der Waals surface area (Å²) in [5.74, 6) is 1.39. The molecule has 1 aromatic heterocycles. The number of aromatic carboxylic acids is 1. The van der Waals surface area contributed by atoms with E-state index in [4.69, 9.17) is 23.7 Å². The maximum atomic E-state index is 12.5. The van der Waals surface area contributed by atoms with Crippen LogP contribution in [0.2, 0.25) is 18.1 Å². The summed E-state index contributed by atoms with van der Waals surface area (Å²) in [5.41, 5.74) is 2.46. The summed E-state index contributed by atoms with van der Waals surface area (Å²) in [6.07, 6.45) is 0.338. The molecule has 0 saturated heterocycles. The van der Waals surface area contributed by atoms with Crippen molar-refractivity contribution in [1.29, 1.82) is 0 Å². The van der Waals surface area contributed by atoms with Crippen LogP contribution < -0.4 is 18.6 Å². The number of ether oxygens (including phenoxy) is 3. The van der Waals surface area contributed by atoms with Crippen LogP contribution >= 0.6 is 0 Å². The van der Waals surface area contributed by atoms with Crippen molar-refractivity contribution in [2.24, 2.45) is 0 Å². The maximum absolute atomic E-state index is 12.5. The molecule has 2 heterocycles. The Labute approximate surface area is 206 Å². The number of fused-ring (bicyclic) bond motifs is 1. The molecule has 0 unspecified atom stereocenters. The average Bonchev–Trinajstić information content (AvgIpc) is 3.37. The van der Waals surface area contributed by atoms with Gasteiger partial charge in [0.15, 0.2) is 17.2 Å². The van der Waals surface area contributed by atoms with Gasteiger partial charge in [-0.25, -0.2) is 9.48 Å². The van der Waals surface area contributed by atoms with Crippen LogP contribution in [-0.2, 0) is 13.0 Å². The first-order valence-corrected chi connectivity index (χ1v) is 14.4. The van der Waals surface area contributed by atoms with Crippen molar-refractivity contribution in [2.45, 2.75) is 51.9 Å². The second-order valence-corrected chi connectivity index (χ2v) is 14.9. The molecule has 0 atom stereocenters. The van der Waals surface area contributed by atoms with E-state index in [2.05, 4.69) is 33.9 Å². The highest BCUT2D eigenvalue weighted by Gasteiger charge is 2.41. The fourth-order valence-corrected chi connectivity index (χ4v) is 4.58. The summed E-state index contributed by atoms with van der Waals surface area (Å²) in [4.78, 5) is 12.5. The number of carboxylic acid groups (broad SMARTS) is 1. The van der Waals surface area contributed by atoms with Gasteiger partial charge in [0.2, 0.25) is 12.7 Å². The van der Waals surface area contributed by atoms with E-state index < -0.39 is 14.3 Å². The zero-order valence-corrected chi connectivity index (χ0v) is 22.0. The molecule has 0 amide bonds. The third kappa shape index (κ3) is 5.14. The molecule has 0 saturated carbocycles. The summed E-state index contributed by atoms with van der Waals surface area (Å²) in [7, 11) is -0.681. The van der Waals surface area contributed by atoms with Crippen LogP contribution in [0.15, 0.2) is 42.5 Å². The molecule has 0 spiro atoms. The Balaban J connectivity index is 1.77. The Kier molecular flexibility index (Phi) is 6.55. The van der Waals surface area contributed by atoms with Gasteiger partial charge in [-0.05, 0) is 53.5 Å². The van der Waals surface area contributed by atoms with Crippen LogP contribution in [0.4, 0.5) is 0 Å². The van der Waals surface area contributed by atoms with Crippen molar-refractivity contribution in [3.8, 4) is 23.1 Å². The minimum Gasteiger partial charge on any atom is -0.529 e. The van der Waals surface area contributed by atoms with Crippen molar-refractivity contribution in [2.75, 3.05) is 13.9 Å². The molecule has 1 aliphatic heterocycles. The van der Waals surface area contributed by atoms with Gasteiger partial charge in [0.1, 0.15) is 5.75 Å². The summed E-state index contributed by atoms with van der Waals surface area (Å²) in [6.45, 7) is 11.1. The van der Waals surface area contributed by atoms with Gasteiger partial charge in [-0.3, -0.25) is 0 Å². The van der Waals surface area contributed by atoms with Gasteiger partial charge in [0.05, 0.1) is 19.2 Å². The molecule has 1 N–H and O–H groups in total. The summed E-state index contributed by atoms with van der Waals surface area (Å²) < 4.78 is 24.3. The van der Waals surface area contributed by atoms with E-state index in [-0.39, 0.29) is 17.5 Å². The first-order valence-electron chi connectivity index (χ1n) is 11.5. The number of hydrogen-bond donors (Lipinski definition) is 1. The monoisotopic (exact) mass is 496 g/mol. The van der Waals surface area contributed by atoms with Crippen LogP contribution in [0.25, 0.3) is 0 Å². The highest BCUT2D eigenvalue weighted by atomic mass is 28.4. The van der Waals surface area contributed by atoms with Crippen molar-refractivity contribution in [3.05, 3.63) is 64.8 Å². The second-order valence-electron chi connectivity index (χ2n) is 10.2. The lowest BCUT2D eigenvalue weighted by Crippen LogP contribution is -2.44. The average molecular weight is 497 g/mol. The van der Waals surface area contributed by atoms with Gasteiger partial charge in [-0.2, -0.15) is 0 Å². The maximum Gasteiger partial charge on any atom is 0.354 e. The SMILES string of the molecule is COc1ccc(Cn2nc(O[Si](C)(C)C(C)(C)C)c(Cc3ccc4c(c3)OCO4)c2C(=O)O)cc1. The largest absolute Gasteiger partial charge is 0.529 e. The molecular formula is C26H32N2O6Si. The highest BCUT2D eigenvalue weighted by Crippen LogP contribution is 2.40. The first kappa shape index (κ1) is 24.7. The van der Waals surface area contributed by atoms with Crippen LogP contribution in [0.1, 0.15) is 48.0 Å². The Morgan fingerprint density at radius 3 is 2.37 bits per heavy atom. The number of rotatable bonds is 8. The molecule has 1 aliphatic rings. The molecule has 9 heteroatoms. The van der Waals surface area contributed by atoms with Crippen molar-refractivity contribution in [1.82, 2.24) is 9.78 Å². The lowest BCUT2D eigenvalue weighted by atomic mass is 10.0. The molecule has 0 aliphatic carbocycles. The zero-order chi connectivity index (χ0) is 25.4. The van der Waals surface area contributed by atoms with Crippen molar-refractivity contribution in [3.63, 3.8) is 0 Å². The Morgan fingerprint density at radius 2 is 1.74 bits per heavy atom. The smallest absolute Gasteiger partial charge is 0.354 e. The van der Waals surface area contributed by atoms with E-state index in [1.54, 1.807) is 7.11 Å². The van der Waals surface area contributed by atoms with Crippen LogP contribution in [0.3, 0.4) is 0 Å². The van der Waals surface area contributed by atoms with Gasteiger partial charge in [0.25, 0.3) is 8.32 Å². The van der Waals surface area contributed by atoms with Gasteiger partial charge in [0, 0.05) is 6.42 Å².